The Bertz CT molecular complexity index is 396. The van der Waals surface area contributed by atoms with Crippen LogP contribution in [0.15, 0.2) is 18.2 Å². The SMILES string of the molecule is COC(=O)C(O)C(O)c1ccc(F)c(Cl)c1. The summed E-state index contributed by atoms with van der Waals surface area (Å²) in [6.07, 6.45) is -3.24. The van der Waals surface area contributed by atoms with Crippen LogP contribution in [0.25, 0.3) is 0 Å². The Morgan fingerprint density at radius 3 is 2.62 bits per heavy atom. The maximum absolute atomic E-state index is 12.8. The molecule has 1 aromatic rings. The fourth-order valence-electron chi connectivity index (χ4n) is 1.13. The number of methoxy groups -OCH3 is 1. The lowest BCUT2D eigenvalue weighted by Crippen LogP contribution is -2.29. The Morgan fingerprint density at radius 2 is 2.12 bits per heavy atom. The summed E-state index contributed by atoms with van der Waals surface area (Å²) in [6.45, 7) is 0. The molecule has 0 aliphatic carbocycles. The fourth-order valence-corrected chi connectivity index (χ4v) is 1.32. The van der Waals surface area contributed by atoms with Crippen molar-refractivity contribution in [3.05, 3.63) is 34.6 Å². The Morgan fingerprint density at radius 1 is 1.50 bits per heavy atom. The van der Waals surface area contributed by atoms with Crippen molar-refractivity contribution in [3.8, 4) is 0 Å². The van der Waals surface area contributed by atoms with Gasteiger partial charge in [-0.05, 0) is 17.7 Å². The molecule has 16 heavy (non-hydrogen) atoms. The molecule has 2 atom stereocenters. The predicted molar refractivity (Wildman–Crippen MR) is 54.4 cm³/mol. The summed E-state index contributed by atoms with van der Waals surface area (Å²) < 4.78 is 17.1. The van der Waals surface area contributed by atoms with E-state index in [1.165, 1.54) is 6.07 Å². The highest BCUT2D eigenvalue weighted by atomic mass is 35.5. The van der Waals surface area contributed by atoms with Gasteiger partial charge in [0.05, 0.1) is 12.1 Å². The second-order valence-corrected chi connectivity index (χ2v) is 3.49. The smallest absolute Gasteiger partial charge is 0.337 e. The van der Waals surface area contributed by atoms with Crippen LogP contribution in [-0.2, 0) is 9.53 Å². The molecule has 0 bridgehead atoms. The molecule has 0 heterocycles. The maximum Gasteiger partial charge on any atom is 0.337 e. The third-order valence-corrected chi connectivity index (χ3v) is 2.32. The van der Waals surface area contributed by atoms with E-state index in [2.05, 4.69) is 4.74 Å². The summed E-state index contributed by atoms with van der Waals surface area (Å²) >= 11 is 5.49. The quantitative estimate of drug-likeness (QED) is 0.785. The lowest BCUT2D eigenvalue weighted by Gasteiger charge is -2.16. The van der Waals surface area contributed by atoms with Crippen molar-refractivity contribution in [2.75, 3.05) is 7.11 Å². The van der Waals surface area contributed by atoms with Gasteiger partial charge in [0, 0.05) is 0 Å². The van der Waals surface area contributed by atoms with Gasteiger partial charge < -0.3 is 14.9 Å². The number of ether oxygens (including phenoxy) is 1. The molecule has 0 amide bonds. The monoisotopic (exact) mass is 248 g/mol. The largest absolute Gasteiger partial charge is 0.467 e. The highest BCUT2D eigenvalue weighted by molar-refractivity contribution is 6.30. The molecule has 0 fully saturated rings. The van der Waals surface area contributed by atoms with Crippen LogP contribution in [0.2, 0.25) is 5.02 Å². The van der Waals surface area contributed by atoms with Crippen LogP contribution in [0.4, 0.5) is 4.39 Å². The third kappa shape index (κ3) is 2.69. The molecule has 0 radical (unpaired) electrons. The highest BCUT2D eigenvalue weighted by Gasteiger charge is 2.26. The van der Waals surface area contributed by atoms with Crippen LogP contribution in [-0.4, -0.2) is 29.4 Å². The Balaban J connectivity index is 2.91. The predicted octanol–water partition coefficient (Wildman–Crippen LogP) is 1.05. The second-order valence-electron chi connectivity index (χ2n) is 3.09. The fraction of sp³-hybridized carbons (Fsp3) is 0.300. The van der Waals surface area contributed by atoms with E-state index in [0.717, 1.165) is 19.2 Å². The van der Waals surface area contributed by atoms with E-state index in [4.69, 9.17) is 11.6 Å². The van der Waals surface area contributed by atoms with Crippen molar-refractivity contribution in [1.82, 2.24) is 0 Å². The van der Waals surface area contributed by atoms with Crippen molar-refractivity contribution >= 4 is 17.6 Å². The van der Waals surface area contributed by atoms with Gasteiger partial charge in [0.1, 0.15) is 11.9 Å². The van der Waals surface area contributed by atoms with Gasteiger partial charge in [-0.2, -0.15) is 0 Å². The van der Waals surface area contributed by atoms with E-state index in [0.29, 0.717) is 0 Å². The summed E-state index contributed by atoms with van der Waals surface area (Å²) in [5.41, 5.74) is 0.129. The standard InChI is InChI=1S/C10H10ClFO4/c1-16-10(15)9(14)8(13)5-2-3-7(12)6(11)4-5/h2-4,8-9,13-14H,1H3. The van der Waals surface area contributed by atoms with Gasteiger partial charge in [0.25, 0.3) is 0 Å². The normalized spacial score (nSPS) is 14.3. The number of hydrogen-bond donors (Lipinski definition) is 2. The number of benzene rings is 1. The topological polar surface area (TPSA) is 66.8 Å². The minimum absolute atomic E-state index is 0.129. The zero-order valence-electron chi connectivity index (χ0n) is 8.35. The minimum atomic E-state index is -1.73. The molecule has 1 rings (SSSR count). The van der Waals surface area contributed by atoms with E-state index in [9.17, 15) is 19.4 Å². The average molecular weight is 249 g/mol. The molecule has 0 spiro atoms. The lowest BCUT2D eigenvalue weighted by molar-refractivity contribution is -0.156. The molecule has 0 saturated carbocycles. The number of hydrogen-bond acceptors (Lipinski definition) is 4. The Kier molecular flexibility index (Phi) is 4.23. The van der Waals surface area contributed by atoms with Gasteiger partial charge in [-0.15, -0.1) is 0 Å². The van der Waals surface area contributed by atoms with Gasteiger partial charge in [0.15, 0.2) is 6.10 Å². The molecular formula is C10H10ClFO4. The van der Waals surface area contributed by atoms with Crippen LogP contribution >= 0.6 is 11.6 Å². The molecule has 88 valence electrons. The van der Waals surface area contributed by atoms with Gasteiger partial charge in [-0.1, -0.05) is 17.7 Å². The van der Waals surface area contributed by atoms with Crippen LogP contribution < -0.4 is 0 Å². The molecule has 2 unspecified atom stereocenters. The van der Waals surface area contributed by atoms with E-state index in [1.54, 1.807) is 0 Å². The van der Waals surface area contributed by atoms with E-state index in [1.807, 2.05) is 0 Å². The summed E-state index contributed by atoms with van der Waals surface area (Å²) in [5.74, 6) is -1.63. The molecule has 2 N–H and O–H groups in total. The van der Waals surface area contributed by atoms with Crippen LogP contribution in [0.1, 0.15) is 11.7 Å². The molecule has 1 aromatic carbocycles. The highest BCUT2D eigenvalue weighted by Crippen LogP contribution is 2.23. The number of aliphatic hydroxyl groups is 2. The molecule has 0 aliphatic rings. The summed E-state index contributed by atoms with van der Waals surface area (Å²) in [4.78, 5) is 10.9. The van der Waals surface area contributed by atoms with Crippen molar-refractivity contribution in [2.24, 2.45) is 0 Å². The number of rotatable bonds is 3. The van der Waals surface area contributed by atoms with Crippen LogP contribution in [0, 0.1) is 5.82 Å². The first-order valence-corrected chi connectivity index (χ1v) is 4.74. The maximum atomic E-state index is 12.8. The van der Waals surface area contributed by atoms with Crippen LogP contribution in [0.3, 0.4) is 0 Å². The number of esters is 1. The summed E-state index contributed by atoms with van der Waals surface area (Å²) in [5, 5.41) is 18.7. The van der Waals surface area contributed by atoms with E-state index >= 15 is 0 Å². The third-order valence-electron chi connectivity index (χ3n) is 2.03. The minimum Gasteiger partial charge on any atom is -0.467 e. The lowest BCUT2D eigenvalue weighted by atomic mass is 10.0. The first-order chi connectivity index (χ1) is 7.47. The Labute approximate surface area is 96.2 Å². The van der Waals surface area contributed by atoms with Gasteiger partial charge in [-0.3, -0.25) is 0 Å². The number of halogens is 2. The van der Waals surface area contributed by atoms with Crippen molar-refractivity contribution < 1.29 is 24.1 Å². The first kappa shape index (κ1) is 12.9. The molecule has 0 saturated heterocycles. The second kappa shape index (κ2) is 5.25. The number of carbonyl (C=O) groups excluding carboxylic acids is 1. The van der Waals surface area contributed by atoms with E-state index in [-0.39, 0.29) is 10.6 Å². The molecule has 4 nitrogen and oxygen atoms in total. The molecule has 6 heteroatoms. The average Bonchev–Trinajstić information content (AvgIpc) is 2.29. The molecule has 0 aliphatic heterocycles. The van der Waals surface area contributed by atoms with Crippen molar-refractivity contribution in [3.63, 3.8) is 0 Å². The zero-order chi connectivity index (χ0) is 12.3. The van der Waals surface area contributed by atoms with Crippen molar-refractivity contribution in [1.29, 1.82) is 0 Å². The summed E-state index contributed by atoms with van der Waals surface area (Å²) in [7, 11) is 1.08. The number of aliphatic hydroxyl groups excluding tert-OH is 2. The van der Waals surface area contributed by atoms with Crippen molar-refractivity contribution in [2.45, 2.75) is 12.2 Å². The summed E-state index contributed by atoms with van der Waals surface area (Å²) in [6, 6.07) is 3.39. The zero-order valence-corrected chi connectivity index (χ0v) is 9.11. The molecular weight excluding hydrogens is 239 g/mol. The van der Waals surface area contributed by atoms with Gasteiger partial charge >= 0.3 is 5.97 Å². The van der Waals surface area contributed by atoms with Gasteiger partial charge in [0.2, 0.25) is 0 Å². The van der Waals surface area contributed by atoms with E-state index < -0.39 is 24.0 Å². The molecule has 0 aromatic heterocycles. The number of carbonyl (C=O) groups is 1. The Hall–Kier alpha value is -1.17. The van der Waals surface area contributed by atoms with Gasteiger partial charge in [-0.25, -0.2) is 9.18 Å². The van der Waals surface area contributed by atoms with Crippen LogP contribution in [0.5, 0.6) is 0 Å². The first-order valence-electron chi connectivity index (χ1n) is 4.36.